The average molecular weight is 289 g/mol. The van der Waals surface area contributed by atoms with Gasteiger partial charge < -0.3 is 10.2 Å². The van der Waals surface area contributed by atoms with Crippen molar-refractivity contribution in [3.63, 3.8) is 0 Å². The molecule has 0 radical (unpaired) electrons. The Bertz CT molecular complexity index is 427. The average Bonchev–Trinajstić information content (AvgIpc) is 2.53. The van der Waals surface area contributed by atoms with Crippen molar-refractivity contribution < 1.29 is 4.79 Å². The van der Waals surface area contributed by atoms with Gasteiger partial charge in [-0.25, -0.2) is 0 Å². The topological polar surface area (TPSA) is 35.6 Å². The van der Waals surface area contributed by atoms with Gasteiger partial charge in [-0.15, -0.1) is 0 Å². The molecule has 0 atom stereocenters. The Hall–Kier alpha value is -1.39. The quantitative estimate of drug-likeness (QED) is 0.866. The first-order valence-electron chi connectivity index (χ1n) is 7.87. The zero-order valence-corrected chi connectivity index (χ0v) is 13.2. The highest BCUT2D eigenvalue weighted by molar-refractivity contribution is 5.76. The van der Waals surface area contributed by atoms with Crippen molar-refractivity contribution in [2.45, 2.75) is 31.8 Å². The maximum Gasteiger partial charge on any atom is 0.223 e. The summed E-state index contributed by atoms with van der Waals surface area (Å²) in [6.07, 6.45) is 2.75. The van der Waals surface area contributed by atoms with Gasteiger partial charge in [0.25, 0.3) is 0 Å². The Kier molecular flexibility index (Phi) is 6.21. The molecule has 0 unspecified atom stereocenters. The van der Waals surface area contributed by atoms with Gasteiger partial charge in [-0.05, 0) is 25.5 Å². The summed E-state index contributed by atoms with van der Waals surface area (Å²) < 4.78 is 0. The molecule has 4 nitrogen and oxygen atoms in total. The van der Waals surface area contributed by atoms with E-state index in [0.29, 0.717) is 12.5 Å². The number of likely N-dealkylation sites (tertiary alicyclic amines) is 1. The lowest BCUT2D eigenvalue weighted by Crippen LogP contribution is -2.45. The third-order valence-corrected chi connectivity index (χ3v) is 4.34. The van der Waals surface area contributed by atoms with E-state index >= 15 is 0 Å². The second kappa shape index (κ2) is 8.15. The number of carbonyl (C=O) groups excluding carboxylic acids is 1. The summed E-state index contributed by atoms with van der Waals surface area (Å²) in [6.45, 7) is 3.92. The number of carbonyl (C=O) groups is 1. The third-order valence-electron chi connectivity index (χ3n) is 4.34. The van der Waals surface area contributed by atoms with Crippen molar-refractivity contribution in [2.24, 2.45) is 0 Å². The number of hydrogen-bond donors (Lipinski definition) is 1. The van der Waals surface area contributed by atoms with Crippen LogP contribution in [0.3, 0.4) is 0 Å². The highest BCUT2D eigenvalue weighted by Gasteiger charge is 2.24. The second-order valence-electron chi connectivity index (χ2n) is 5.85. The van der Waals surface area contributed by atoms with Crippen molar-refractivity contribution in [1.82, 2.24) is 15.1 Å². The first kappa shape index (κ1) is 16.0. The molecule has 1 aromatic rings. The number of amides is 1. The first-order valence-corrected chi connectivity index (χ1v) is 7.87. The van der Waals surface area contributed by atoms with Crippen LogP contribution >= 0.6 is 0 Å². The van der Waals surface area contributed by atoms with E-state index in [-0.39, 0.29) is 5.91 Å². The predicted octanol–water partition coefficient (Wildman–Crippen LogP) is 1.72. The van der Waals surface area contributed by atoms with Crippen LogP contribution in [0, 0.1) is 0 Å². The lowest BCUT2D eigenvalue weighted by Gasteiger charge is -2.36. The Morgan fingerprint density at radius 2 is 1.95 bits per heavy atom. The van der Waals surface area contributed by atoms with E-state index in [1.807, 2.05) is 19.0 Å². The number of benzene rings is 1. The number of rotatable bonds is 6. The predicted molar refractivity (Wildman–Crippen MR) is 86.1 cm³/mol. The minimum absolute atomic E-state index is 0.255. The van der Waals surface area contributed by atoms with Gasteiger partial charge in [0, 0.05) is 45.7 Å². The zero-order valence-electron chi connectivity index (χ0n) is 13.2. The number of piperidine rings is 1. The van der Waals surface area contributed by atoms with Crippen molar-refractivity contribution in [3.8, 4) is 0 Å². The van der Waals surface area contributed by atoms with Crippen molar-refractivity contribution in [1.29, 1.82) is 0 Å². The van der Waals surface area contributed by atoms with Gasteiger partial charge in [0.1, 0.15) is 0 Å². The summed E-state index contributed by atoms with van der Waals surface area (Å²) in [5.74, 6) is 0.255. The van der Waals surface area contributed by atoms with Gasteiger partial charge in [0.15, 0.2) is 0 Å². The molecule has 2 rings (SSSR count). The first-order chi connectivity index (χ1) is 10.2. The van der Waals surface area contributed by atoms with E-state index in [1.54, 1.807) is 0 Å². The van der Waals surface area contributed by atoms with Crippen LogP contribution in [0.25, 0.3) is 0 Å². The molecule has 116 valence electrons. The maximum absolute atomic E-state index is 12.0. The molecule has 0 aliphatic carbocycles. The van der Waals surface area contributed by atoms with Crippen LogP contribution in [0.15, 0.2) is 30.3 Å². The van der Waals surface area contributed by atoms with E-state index in [4.69, 9.17) is 0 Å². The SMILES string of the molecule is CNCCC(=O)N(C)C1CCN(Cc2ccccc2)CC1. The van der Waals surface area contributed by atoms with Crippen LogP contribution < -0.4 is 5.32 Å². The molecule has 1 amide bonds. The number of nitrogens with one attached hydrogen (secondary N) is 1. The summed E-state index contributed by atoms with van der Waals surface area (Å²) in [5.41, 5.74) is 1.37. The fraction of sp³-hybridized carbons (Fsp3) is 0.588. The van der Waals surface area contributed by atoms with Crippen LogP contribution in [0.5, 0.6) is 0 Å². The zero-order chi connectivity index (χ0) is 15.1. The van der Waals surface area contributed by atoms with Gasteiger partial charge in [-0.2, -0.15) is 0 Å². The van der Waals surface area contributed by atoms with Crippen molar-refractivity contribution >= 4 is 5.91 Å². The minimum Gasteiger partial charge on any atom is -0.343 e. The normalized spacial score (nSPS) is 16.9. The molecule has 21 heavy (non-hydrogen) atoms. The summed E-state index contributed by atoms with van der Waals surface area (Å²) in [4.78, 5) is 16.5. The van der Waals surface area contributed by atoms with Crippen LogP contribution in [-0.4, -0.2) is 55.5 Å². The molecule has 0 spiro atoms. The highest BCUT2D eigenvalue weighted by atomic mass is 16.2. The molecule has 4 heteroatoms. The van der Waals surface area contributed by atoms with Crippen LogP contribution in [0.2, 0.25) is 0 Å². The molecular weight excluding hydrogens is 262 g/mol. The molecule has 1 heterocycles. The fourth-order valence-electron chi connectivity index (χ4n) is 2.92. The molecule has 1 saturated heterocycles. The monoisotopic (exact) mass is 289 g/mol. The van der Waals surface area contributed by atoms with Crippen LogP contribution in [0.1, 0.15) is 24.8 Å². The highest BCUT2D eigenvalue weighted by Crippen LogP contribution is 2.18. The summed E-state index contributed by atoms with van der Waals surface area (Å²) in [7, 11) is 3.84. The van der Waals surface area contributed by atoms with Crippen molar-refractivity contribution in [2.75, 3.05) is 33.7 Å². The third kappa shape index (κ3) is 4.83. The van der Waals surface area contributed by atoms with Gasteiger partial charge >= 0.3 is 0 Å². The van der Waals surface area contributed by atoms with E-state index < -0.39 is 0 Å². The van der Waals surface area contributed by atoms with E-state index in [1.165, 1.54) is 5.56 Å². The largest absolute Gasteiger partial charge is 0.343 e. The molecule has 1 aliphatic rings. The second-order valence-corrected chi connectivity index (χ2v) is 5.85. The molecule has 1 fully saturated rings. The summed E-state index contributed by atoms with van der Waals surface area (Å²) in [5, 5.41) is 3.04. The van der Waals surface area contributed by atoms with Gasteiger partial charge in [-0.3, -0.25) is 9.69 Å². The Morgan fingerprint density at radius 3 is 2.57 bits per heavy atom. The Balaban J connectivity index is 1.76. The van der Waals surface area contributed by atoms with Crippen molar-refractivity contribution in [3.05, 3.63) is 35.9 Å². The summed E-state index contributed by atoms with van der Waals surface area (Å²) >= 11 is 0. The molecule has 1 aromatic carbocycles. The van der Waals surface area contributed by atoms with Gasteiger partial charge in [0.2, 0.25) is 5.91 Å². The van der Waals surface area contributed by atoms with Gasteiger partial charge in [0.05, 0.1) is 0 Å². The molecule has 1 N–H and O–H groups in total. The fourth-order valence-corrected chi connectivity index (χ4v) is 2.92. The maximum atomic E-state index is 12.0. The van der Waals surface area contributed by atoms with Crippen LogP contribution in [-0.2, 0) is 11.3 Å². The summed E-state index contributed by atoms with van der Waals surface area (Å²) in [6, 6.07) is 11.0. The Morgan fingerprint density at radius 1 is 1.29 bits per heavy atom. The van der Waals surface area contributed by atoms with Crippen LogP contribution in [0.4, 0.5) is 0 Å². The lowest BCUT2D eigenvalue weighted by atomic mass is 10.0. The molecular formula is C17H27N3O. The van der Waals surface area contributed by atoms with E-state index in [9.17, 15) is 4.79 Å². The smallest absolute Gasteiger partial charge is 0.223 e. The van der Waals surface area contributed by atoms with E-state index in [2.05, 4.69) is 40.5 Å². The molecule has 1 aliphatic heterocycles. The molecule has 0 bridgehead atoms. The number of hydrogen-bond acceptors (Lipinski definition) is 3. The molecule has 0 saturated carbocycles. The Labute approximate surface area is 128 Å². The number of nitrogens with zero attached hydrogens (tertiary/aromatic N) is 2. The van der Waals surface area contributed by atoms with Gasteiger partial charge in [-0.1, -0.05) is 30.3 Å². The standard InChI is InChI=1S/C17H27N3O/c1-18-11-8-17(21)19(2)16-9-12-20(13-10-16)14-15-6-4-3-5-7-15/h3-7,16,18H,8-14H2,1-2H3. The molecule has 0 aromatic heterocycles. The minimum atomic E-state index is 0.255. The lowest BCUT2D eigenvalue weighted by molar-refractivity contribution is -0.132. The van der Waals surface area contributed by atoms with E-state index in [0.717, 1.165) is 39.0 Å².